The fourth-order valence-electron chi connectivity index (χ4n) is 2.32. The Morgan fingerprint density at radius 3 is 2.43 bits per heavy atom. The van der Waals surface area contributed by atoms with Crippen LogP contribution in [0.5, 0.6) is 0 Å². The van der Waals surface area contributed by atoms with Gasteiger partial charge in [-0.1, -0.05) is 47.5 Å². The van der Waals surface area contributed by atoms with E-state index in [2.05, 4.69) is 5.32 Å². The Hall–Kier alpha value is -3.02. The van der Waals surface area contributed by atoms with Crippen molar-refractivity contribution in [2.75, 3.05) is 0 Å². The molecule has 0 spiro atoms. The fourth-order valence-corrected chi connectivity index (χ4v) is 2.66. The van der Waals surface area contributed by atoms with Crippen molar-refractivity contribution in [3.8, 4) is 0 Å². The average Bonchev–Trinajstić information content (AvgIpc) is 3.21. The Morgan fingerprint density at radius 1 is 1.00 bits per heavy atom. The molecule has 0 aliphatic carbocycles. The summed E-state index contributed by atoms with van der Waals surface area (Å²) in [5, 5.41) is 3.39. The van der Waals surface area contributed by atoms with Crippen LogP contribution in [0.15, 0.2) is 77.0 Å². The number of ether oxygens (including phenoxy) is 1. The van der Waals surface area contributed by atoms with E-state index in [-0.39, 0.29) is 22.9 Å². The first-order valence-electron chi connectivity index (χ1n) is 8.25. The summed E-state index contributed by atoms with van der Waals surface area (Å²) >= 11 is 12.0. The van der Waals surface area contributed by atoms with Crippen molar-refractivity contribution in [3.05, 3.63) is 99.6 Å². The lowest BCUT2D eigenvalue weighted by Crippen LogP contribution is -2.28. The van der Waals surface area contributed by atoms with Crippen molar-refractivity contribution < 1.29 is 18.7 Å². The van der Waals surface area contributed by atoms with Gasteiger partial charge in [-0.25, -0.2) is 4.79 Å². The maximum absolute atomic E-state index is 12.6. The van der Waals surface area contributed by atoms with Crippen molar-refractivity contribution in [2.45, 2.75) is 6.61 Å². The number of hydrogen-bond acceptors (Lipinski definition) is 4. The third-order valence-corrected chi connectivity index (χ3v) is 4.27. The van der Waals surface area contributed by atoms with Gasteiger partial charge in [0.1, 0.15) is 18.1 Å². The van der Waals surface area contributed by atoms with Crippen molar-refractivity contribution >= 4 is 41.2 Å². The van der Waals surface area contributed by atoms with Gasteiger partial charge < -0.3 is 14.5 Å². The Morgan fingerprint density at radius 2 is 1.75 bits per heavy atom. The van der Waals surface area contributed by atoms with Crippen LogP contribution in [0.3, 0.4) is 0 Å². The van der Waals surface area contributed by atoms with Crippen LogP contribution in [0.1, 0.15) is 21.7 Å². The highest BCUT2D eigenvalue weighted by atomic mass is 35.5. The molecule has 0 aliphatic rings. The van der Waals surface area contributed by atoms with Gasteiger partial charge in [-0.15, -0.1) is 0 Å². The third kappa shape index (κ3) is 5.25. The van der Waals surface area contributed by atoms with E-state index in [1.54, 1.807) is 60.7 Å². The lowest BCUT2D eigenvalue weighted by molar-refractivity contribution is -0.141. The lowest BCUT2D eigenvalue weighted by Gasteiger charge is -2.11. The minimum atomic E-state index is -0.716. The molecule has 1 aromatic heterocycles. The predicted octanol–water partition coefficient (Wildman–Crippen LogP) is 5.10. The Kier molecular flexibility index (Phi) is 6.53. The highest BCUT2D eigenvalue weighted by Gasteiger charge is 2.18. The second-order valence-electron chi connectivity index (χ2n) is 5.70. The van der Waals surface area contributed by atoms with E-state index in [9.17, 15) is 9.59 Å². The smallest absolute Gasteiger partial charge is 0.355 e. The van der Waals surface area contributed by atoms with Gasteiger partial charge in [0.15, 0.2) is 0 Å². The molecule has 0 fully saturated rings. The number of carbonyl (C=O) groups is 2. The highest BCUT2D eigenvalue weighted by Crippen LogP contribution is 2.17. The van der Waals surface area contributed by atoms with Crippen LogP contribution in [0.25, 0.3) is 6.08 Å². The largest absolute Gasteiger partial charge is 0.466 e. The van der Waals surface area contributed by atoms with E-state index in [1.165, 1.54) is 12.3 Å². The molecule has 2 aromatic carbocycles. The zero-order valence-electron chi connectivity index (χ0n) is 14.5. The zero-order chi connectivity index (χ0) is 19.9. The van der Waals surface area contributed by atoms with E-state index in [1.807, 2.05) is 0 Å². The molecule has 0 bridgehead atoms. The quantitative estimate of drug-likeness (QED) is 0.449. The summed E-state index contributed by atoms with van der Waals surface area (Å²) < 4.78 is 10.4. The van der Waals surface area contributed by atoms with Gasteiger partial charge in [0, 0.05) is 5.02 Å². The molecular weight excluding hydrogens is 401 g/mol. The van der Waals surface area contributed by atoms with Gasteiger partial charge in [0.2, 0.25) is 0 Å². The summed E-state index contributed by atoms with van der Waals surface area (Å²) in [7, 11) is 0. The Bertz CT molecular complexity index is 996. The molecule has 7 heteroatoms. The number of carbonyl (C=O) groups excluding carboxylic acids is 2. The number of rotatable bonds is 6. The molecule has 0 unspecified atom stereocenters. The molecule has 0 saturated carbocycles. The Balaban J connectivity index is 1.83. The lowest BCUT2D eigenvalue weighted by atomic mass is 10.1. The number of nitrogens with one attached hydrogen (secondary N) is 1. The molecule has 0 saturated heterocycles. The molecule has 1 amide bonds. The SMILES string of the molecule is O=C(OCc1ccco1)/C(=C\c1ccc(Cl)cc1)NC(=O)c1ccccc1Cl. The zero-order valence-corrected chi connectivity index (χ0v) is 16.0. The van der Waals surface area contributed by atoms with Gasteiger partial charge in [0.05, 0.1) is 16.8 Å². The predicted molar refractivity (Wildman–Crippen MR) is 107 cm³/mol. The summed E-state index contributed by atoms with van der Waals surface area (Å²) in [4.78, 5) is 25.1. The Labute approximate surface area is 171 Å². The molecule has 0 radical (unpaired) electrons. The average molecular weight is 416 g/mol. The summed E-state index contributed by atoms with van der Waals surface area (Å²) in [5.74, 6) is -0.760. The molecular formula is C21H15Cl2NO4. The minimum absolute atomic E-state index is 0.0428. The van der Waals surface area contributed by atoms with E-state index >= 15 is 0 Å². The van der Waals surface area contributed by atoms with Gasteiger partial charge in [-0.2, -0.15) is 0 Å². The van der Waals surface area contributed by atoms with Gasteiger partial charge >= 0.3 is 5.97 Å². The van der Waals surface area contributed by atoms with Gasteiger partial charge in [-0.05, 0) is 48.0 Å². The highest BCUT2D eigenvalue weighted by molar-refractivity contribution is 6.34. The van der Waals surface area contributed by atoms with E-state index in [0.29, 0.717) is 16.3 Å². The van der Waals surface area contributed by atoms with Gasteiger partial charge in [-0.3, -0.25) is 4.79 Å². The maximum Gasteiger partial charge on any atom is 0.355 e. The van der Waals surface area contributed by atoms with E-state index < -0.39 is 11.9 Å². The summed E-state index contributed by atoms with van der Waals surface area (Å²) in [6, 6.07) is 16.7. The van der Waals surface area contributed by atoms with E-state index in [0.717, 1.165) is 0 Å². The standard InChI is InChI=1S/C21H15Cl2NO4/c22-15-9-7-14(8-10-15)12-19(21(26)28-13-16-4-3-11-27-16)24-20(25)17-5-1-2-6-18(17)23/h1-12H,13H2,(H,24,25)/b19-12+. The topological polar surface area (TPSA) is 68.5 Å². The first-order valence-corrected chi connectivity index (χ1v) is 9.01. The van der Waals surface area contributed by atoms with Crippen molar-refractivity contribution in [1.82, 2.24) is 5.32 Å². The molecule has 0 aliphatic heterocycles. The molecule has 0 atom stereocenters. The summed E-state index contributed by atoms with van der Waals surface area (Å²) in [5.41, 5.74) is 0.859. The van der Waals surface area contributed by atoms with Crippen LogP contribution in [0, 0.1) is 0 Å². The van der Waals surface area contributed by atoms with Crippen LogP contribution in [-0.4, -0.2) is 11.9 Å². The van der Waals surface area contributed by atoms with Crippen LogP contribution < -0.4 is 5.32 Å². The van der Waals surface area contributed by atoms with Crippen molar-refractivity contribution in [1.29, 1.82) is 0 Å². The number of amides is 1. The van der Waals surface area contributed by atoms with Crippen LogP contribution in [0.2, 0.25) is 10.0 Å². The maximum atomic E-state index is 12.6. The first kappa shape index (κ1) is 19.7. The number of benzene rings is 2. The molecule has 1 N–H and O–H groups in total. The van der Waals surface area contributed by atoms with Crippen molar-refractivity contribution in [3.63, 3.8) is 0 Å². The second kappa shape index (κ2) is 9.26. The molecule has 3 rings (SSSR count). The third-order valence-electron chi connectivity index (χ3n) is 3.69. The van der Waals surface area contributed by atoms with Crippen LogP contribution in [0.4, 0.5) is 0 Å². The summed E-state index contributed by atoms with van der Waals surface area (Å²) in [6.45, 7) is -0.0637. The normalized spacial score (nSPS) is 11.1. The number of hydrogen-bond donors (Lipinski definition) is 1. The fraction of sp³-hybridized carbons (Fsp3) is 0.0476. The van der Waals surface area contributed by atoms with Crippen molar-refractivity contribution in [2.24, 2.45) is 0 Å². The van der Waals surface area contributed by atoms with E-state index in [4.69, 9.17) is 32.4 Å². The molecule has 5 nitrogen and oxygen atoms in total. The minimum Gasteiger partial charge on any atom is -0.466 e. The number of halogens is 2. The summed E-state index contributed by atoms with van der Waals surface area (Å²) in [6.07, 6.45) is 2.97. The van der Waals surface area contributed by atoms with Crippen LogP contribution in [-0.2, 0) is 16.1 Å². The first-order chi connectivity index (χ1) is 13.5. The van der Waals surface area contributed by atoms with Gasteiger partial charge in [0.25, 0.3) is 5.91 Å². The van der Waals surface area contributed by atoms with Crippen LogP contribution >= 0.6 is 23.2 Å². The molecule has 28 heavy (non-hydrogen) atoms. The number of esters is 1. The second-order valence-corrected chi connectivity index (χ2v) is 6.54. The number of furan rings is 1. The molecule has 1 heterocycles. The monoisotopic (exact) mass is 415 g/mol. The molecule has 142 valence electrons. The molecule has 3 aromatic rings.